The van der Waals surface area contributed by atoms with Crippen molar-refractivity contribution in [2.75, 3.05) is 7.05 Å². The van der Waals surface area contributed by atoms with Crippen LogP contribution in [0.4, 0.5) is 0 Å². The molecule has 2 rings (SSSR count). The van der Waals surface area contributed by atoms with Gasteiger partial charge in [0, 0.05) is 30.2 Å². The minimum Gasteiger partial charge on any atom is -0.316 e. The second kappa shape index (κ2) is 5.73. The van der Waals surface area contributed by atoms with Crippen LogP contribution in [0.5, 0.6) is 0 Å². The summed E-state index contributed by atoms with van der Waals surface area (Å²) in [5.74, 6) is 0.645. The lowest BCUT2D eigenvalue weighted by atomic mass is 10.3. The van der Waals surface area contributed by atoms with Crippen molar-refractivity contribution in [3.8, 4) is 5.95 Å². The van der Waals surface area contributed by atoms with Crippen molar-refractivity contribution in [1.82, 2.24) is 25.1 Å². The standard InChI is InChI=1S/C13H19N5/c1-4-11-6-12(5-2)18(17-11)13-15-8-10(7-14-3)9-16-13/h6,8-9,14H,4-5,7H2,1-3H3. The maximum atomic E-state index is 4.52. The van der Waals surface area contributed by atoms with Crippen molar-refractivity contribution in [3.63, 3.8) is 0 Å². The highest BCUT2D eigenvalue weighted by Crippen LogP contribution is 2.10. The molecule has 18 heavy (non-hydrogen) atoms. The van der Waals surface area contributed by atoms with Gasteiger partial charge in [-0.05, 0) is 26.0 Å². The lowest BCUT2D eigenvalue weighted by Gasteiger charge is -2.04. The second-order valence-electron chi connectivity index (χ2n) is 4.17. The zero-order valence-electron chi connectivity index (χ0n) is 11.1. The molecule has 0 unspecified atom stereocenters. The maximum Gasteiger partial charge on any atom is 0.250 e. The number of nitrogens with one attached hydrogen (secondary N) is 1. The fraction of sp³-hybridized carbons (Fsp3) is 0.462. The Kier molecular flexibility index (Phi) is 4.04. The van der Waals surface area contributed by atoms with Crippen LogP contribution in [-0.4, -0.2) is 26.8 Å². The van der Waals surface area contributed by atoms with Crippen LogP contribution in [-0.2, 0) is 19.4 Å². The third kappa shape index (κ3) is 2.56. The van der Waals surface area contributed by atoms with E-state index in [1.165, 1.54) is 0 Å². The van der Waals surface area contributed by atoms with E-state index < -0.39 is 0 Å². The van der Waals surface area contributed by atoms with Gasteiger partial charge in [0.2, 0.25) is 0 Å². The summed E-state index contributed by atoms with van der Waals surface area (Å²) in [6.45, 7) is 4.99. The molecule has 0 saturated heterocycles. The summed E-state index contributed by atoms with van der Waals surface area (Å²) in [6.07, 6.45) is 5.53. The van der Waals surface area contributed by atoms with Gasteiger partial charge >= 0.3 is 0 Å². The van der Waals surface area contributed by atoms with Crippen molar-refractivity contribution in [2.45, 2.75) is 33.2 Å². The largest absolute Gasteiger partial charge is 0.316 e. The van der Waals surface area contributed by atoms with Crippen LogP contribution < -0.4 is 5.32 Å². The Balaban J connectivity index is 2.32. The van der Waals surface area contributed by atoms with Crippen LogP contribution in [0.3, 0.4) is 0 Å². The first-order valence-electron chi connectivity index (χ1n) is 6.32. The molecule has 0 amide bonds. The Bertz CT molecular complexity index is 501. The van der Waals surface area contributed by atoms with Gasteiger partial charge in [0.1, 0.15) is 0 Å². The molecule has 0 radical (unpaired) electrons. The van der Waals surface area contributed by atoms with Crippen LogP contribution in [0.15, 0.2) is 18.5 Å². The van der Waals surface area contributed by atoms with Crippen LogP contribution in [0.25, 0.3) is 5.95 Å². The van der Waals surface area contributed by atoms with E-state index in [2.05, 4.69) is 40.3 Å². The van der Waals surface area contributed by atoms with E-state index in [0.717, 1.165) is 36.3 Å². The maximum absolute atomic E-state index is 4.52. The van der Waals surface area contributed by atoms with E-state index >= 15 is 0 Å². The first kappa shape index (κ1) is 12.7. The van der Waals surface area contributed by atoms with E-state index in [1.807, 2.05) is 24.1 Å². The highest BCUT2D eigenvalue weighted by Gasteiger charge is 2.09. The first-order chi connectivity index (χ1) is 8.78. The van der Waals surface area contributed by atoms with E-state index in [1.54, 1.807) is 0 Å². The van der Waals surface area contributed by atoms with Crippen LogP contribution in [0, 0.1) is 0 Å². The highest BCUT2D eigenvalue weighted by atomic mass is 15.4. The van der Waals surface area contributed by atoms with Crippen molar-refractivity contribution < 1.29 is 0 Å². The number of aryl methyl sites for hydroxylation is 2. The van der Waals surface area contributed by atoms with Gasteiger partial charge in [-0.2, -0.15) is 5.10 Å². The van der Waals surface area contributed by atoms with Crippen LogP contribution >= 0.6 is 0 Å². The third-order valence-corrected chi connectivity index (χ3v) is 2.82. The van der Waals surface area contributed by atoms with Gasteiger partial charge in [-0.15, -0.1) is 0 Å². The van der Waals surface area contributed by atoms with Gasteiger partial charge < -0.3 is 5.32 Å². The predicted octanol–water partition coefficient (Wildman–Crippen LogP) is 1.51. The minimum absolute atomic E-state index is 0.645. The van der Waals surface area contributed by atoms with E-state index in [9.17, 15) is 0 Å². The van der Waals surface area contributed by atoms with Gasteiger partial charge in [0.25, 0.3) is 5.95 Å². The monoisotopic (exact) mass is 245 g/mol. The predicted molar refractivity (Wildman–Crippen MR) is 70.7 cm³/mol. The lowest BCUT2D eigenvalue weighted by Crippen LogP contribution is -2.09. The average molecular weight is 245 g/mol. The molecular formula is C13H19N5. The lowest BCUT2D eigenvalue weighted by molar-refractivity contribution is 0.735. The molecule has 0 aliphatic rings. The molecule has 1 N–H and O–H groups in total. The third-order valence-electron chi connectivity index (χ3n) is 2.82. The smallest absolute Gasteiger partial charge is 0.250 e. The Morgan fingerprint density at radius 2 is 1.89 bits per heavy atom. The summed E-state index contributed by atoms with van der Waals surface area (Å²) in [7, 11) is 1.91. The van der Waals surface area contributed by atoms with Gasteiger partial charge in [-0.3, -0.25) is 0 Å². The molecule has 0 atom stereocenters. The Morgan fingerprint density at radius 3 is 2.44 bits per heavy atom. The molecule has 0 bridgehead atoms. The van der Waals surface area contributed by atoms with Gasteiger partial charge in [0.05, 0.1) is 5.69 Å². The number of nitrogens with zero attached hydrogens (tertiary/aromatic N) is 4. The number of hydrogen-bond donors (Lipinski definition) is 1. The number of hydrogen-bond acceptors (Lipinski definition) is 4. The SMILES string of the molecule is CCc1cc(CC)n(-c2ncc(CNC)cn2)n1. The molecular weight excluding hydrogens is 226 g/mol. The summed E-state index contributed by atoms with van der Waals surface area (Å²) < 4.78 is 1.84. The number of rotatable bonds is 5. The Labute approximate surface area is 107 Å². The summed E-state index contributed by atoms with van der Waals surface area (Å²) in [6, 6.07) is 2.12. The van der Waals surface area contributed by atoms with E-state index in [0.29, 0.717) is 5.95 Å². The molecule has 2 heterocycles. The minimum atomic E-state index is 0.645. The van der Waals surface area contributed by atoms with Crippen molar-refractivity contribution >= 4 is 0 Å². The fourth-order valence-electron chi connectivity index (χ4n) is 1.83. The summed E-state index contributed by atoms with van der Waals surface area (Å²) >= 11 is 0. The second-order valence-corrected chi connectivity index (χ2v) is 4.17. The Hall–Kier alpha value is -1.75. The molecule has 0 spiro atoms. The Morgan fingerprint density at radius 1 is 1.17 bits per heavy atom. The molecule has 0 aliphatic carbocycles. The fourth-order valence-corrected chi connectivity index (χ4v) is 1.83. The molecule has 5 heteroatoms. The molecule has 0 fully saturated rings. The van der Waals surface area contributed by atoms with Crippen molar-refractivity contribution in [3.05, 3.63) is 35.4 Å². The summed E-state index contributed by atoms with van der Waals surface area (Å²) in [5.41, 5.74) is 3.30. The van der Waals surface area contributed by atoms with E-state index in [4.69, 9.17) is 0 Å². The zero-order chi connectivity index (χ0) is 13.0. The summed E-state index contributed by atoms with van der Waals surface area (Å²) in [4.78, 5) is 8.75. The molecule has 0 aromatic carbocycles. The van der Waals surface area contributed by atoms with Crippen molar-refractivity contribution in [1.29, 1.82) is 0 Å². The van der Waals surface area contributed by atoms with Crippen molar-refractivity contribution in [2.24, 2.45) is 0 Å². The molecule has 2 aromatic rings. The quantitative estimate of drug-likeness (QED) is 0.867. The molecule has 0 saturated carbocycles. The number of aromatic nitrogens is 4. The van der Waals surface area contributed by atoms with Gasteiger partial charge in [-0.25, -0.2) is 14.6 Å². The summed E-state index contributed by atoms with van der Waals surface area (Å²) in [5, 5.41) is 7.60. The van der Waals surface area contributed by atoms with Crippen LogP contribution in [0.2, 0.25) is 0 Å². The molecule has 2 aromatic heterocycles. The van der Waals surface area contributed by atoms with E-state index in [-0.39, 0.29) is 0 Å². The molecule has 0 aliphatic heterocycles. The normalized spacial score (nSPS) is 10.8. The van der Waals surface area contributed by atoms with Crippen LogP contribution in [0.1, 0.15) is 30.8 Å². The van der Waals surface area contributed by atoms with Gasteiger partial charge in [-0.1, -0.05) is 13.8 Å². The topological polar surface area (TPSA) is 55.6 Å². The average Bonchev–Trinajstić information content (AvgIpc) is 2.83. The molecule has 5 nitrogen and oxygen atoms in total. The van der Waals surface area contributed by atoms with Gasteiger partial charge in [0.15, 0.2) is 0 Å². The molecule has 96 valence electrons. The zero-order valence-corrected chi connectivity index (χ0v) is 11.1. The highest BCUT2D eigenvalue weighted by molar-refractivity contribution is 5.21. The first-order valence-corrected chi connectivity index (χ1v) is 6.32.